The minimum atomic E-state index is -0.402. The van der Waals surface area contributed by atoms with Gasteiger partial charge in [0.05, 0.1) is 17.7 Å². The van der Waals surface area contributed by atoms with Crippen LogP contribution in [-0.4, -0.2) is 23.7 Å². The van der Waals surface area contributed by atoms with E-state index in [1.165, 1.54) is 11.6 Å². The summed E-state index contributed by atoms with van der Waals surface area (Å²) in [5.74, 6) is 1.25. The van der Waals surface area contributed by atoms with Gasteiger partial charge in [-0.25, -0.2) is 14.8 Å². The Labute approximate surface area is 145 Å². The number of fused-ring (bicyclic) bond motifs is 1. The van der Waals surface area contributed by atoms with Crippen LogP contribution in [0.2, 0.25) is 0 Å². The summed E-state index contributed by atoms with van der Waals surface area (Å²) in [7, 11) is 3.05. The van der Waals surface area contributed by atoms with Crippen molar-refractivity contribution in [3.63, 3.8) is 0 Å². The van der Waals surface area contributed by atoms with Gasteiger partial charge in [0.2, 0.25) is 5.89 Å². The molecule has 0 bridgehead atoms. The summed E-state index contributed by atoms with van der Waals surface area (Å²) < 4.78 is 9.88. The van der Waals surface area contributed by atoms with E-state index in [1.807, 2.05) is 24.4 Å². The van der Waals surface area contributed by atoms with E-state index in [9.17, 15) is 9.59 Å². The third-order valence-electron chi connectivity index (χ3n) is 4.16. The van der Waals surface area contributed by atoms with E-state index in [1.54, 1.807) is 29.3 Å². The first-order chi connectivity index (χ1) is 12.0. The highest BCUT2D eigenvalue weighted by Crippen LogP contribution is 2.26. The maximum absolute atomic E-state index is 12.5. The first kappa shape index (κ1) is 15.6. The number of aryl methyl sites for hydroxylation is 2. The second kappa shape index (κ2) is 5.55. The fraction of sp³-hybridized carbons (Fsp3) is 0.250. The number of aromatic nitrogens is 5. The highest BCUT2D eigenvalue weighted by Gasteiger charge is 2.17. The summed E-state index contributed by atoms with van der Waals surface area (Å²) >= 11 is 1.55. The fourth-order valence-corrected chi connectivity index (χ4v) is 3.41. The summed E-state index contributed by atoms with van der Waals surface area (Å²) in [6, 6.07) is 3.88. The Morgan fingerprint density at radius 1 is 1.24 bits per heavy atom. The van der Waals surface area contributed by atoms with E-state index < -0.39 is 5.69 Å². The molecule has 0 radical (unpaired) electrons. The van der Waals surface area contributed by atoms with Crippen molar-refractivity contribution in [2.24, 2.45) is 14.1 Å². The molecular weight excluding hydrogens is 342 g/mol. The van der Waals surface area contributed by atoms with Gasteiger partial charge < -0.3 is 8.98 Å². The van der Waals surface area contributed by atoms with Crippen molar-refractivity contribution in [3.8, 4) is 10.8 Å². The summed E-state index contributed by atoms with van der Waals surface area (Å²) in [5.41, 5.74) is 0.659. The maximum atomic E-state index is 12.5. The molecule has 8 nitrogen and oxygen atoms in total. The quantitative estimate of drug-likeness (QED) is 0.554. The van der Waals surface area contributed by atoms with E-state index in [-0.39, 0.29) is 5.56 Å². The van der Waals surface area contributed by atoms with Gasteiger partial charge in [-0.15, -0.1) is 11.3 Å². The van der Waals surface area contributed by atoms with Crippen LogP contribution in [0.4, 0.5) is 0 Å². The first-order valence-corrected chi connectivity index (χ1v) is 8.46. The van der Waals surface area contributed by atoms with Gasteiger partial charge >= 0.3 is 5.69 Å². The van der Waals surface area contributed by atoms with Gasteiger partial charge in [0.25, 0.3) is 5.56 Å². The molecule has 9 heteroatoms. The molecule has 0 fully saturated rings. The monoisotopic (exact) mass is 357 g/mol. The van der Waals surface area contributed by atoms with Gasteiger partial charge in [0.1, 0.15) is 11.5 Å². The molecule has 0 aromatic carbocycles. The molecule has 0 aliphatic rings. The van der Waals surface area contributed by atoms with Crippen LogP contribution >= 0.6 is 11.3 Å². The molecule has 0 atom stereocenters. The predicted molar refractivity (Wildman–Crippen MR) is 93.9 cm³/mol. The number of hydrogen-bond donors (Lipinski definition) is 0. The molecule has 0 amide bonds. The largest absolute Gasteiger partial charge is 0.440 e. The van der Waals surface area contributed by atoms with Crippen LogP contribution in [0.1, 0.15) is 11.5 Å². The number of hydrogen-bond acceptors (Lipinski definition) is 6. The number of rotatable bonds is 3. The molecule has 0 unspecified atom stereocenters. The molecule has 0 aliphatic heterocycles. The average molecular weight is 357 g/mol. The SMILES string of the molecule is Cc1oc(-c2cccs2)nc1Cn1cnc2c1c(=O)n(C)c(=O)n2C. The Bertz CT molecular complexity index is 1190. The molecule has 128 valence electrons. The fourth-order valence-electron chi connectivity index (χ4n) is 2.76. The van der Waals surface area contributed by atoms with Crippen molar-refractivity contribution in [1.29, 1.82) is 0 Å². The summed E-state index contributed by atoms with van der Waals surface area (Å²) in [6.07, 6.45) is 1.55. The molecule has 0 N–H and O–H groups in total. The van der Waals surface area contributed by atoms with Crippen LogP contribution in [0, 0.1) is 6.92 Å². The van der Waals surface area contributed by atoms with Gasteiger partial charge in [-0.1, -0.05) is 6.07 Å². The summed E-state index contributed by atoms with van der Waals surface area (Å²) in [6.45, 7) is 2.18. The van der Waals surface area contributed by atoms with Crippen molar-refractivity contribution in [3.05, 3.63) is 56.1 Å². The second-order valence-electron chi connectivity index (χ2n) is 5.75. The summed E-state index contributed by atoms with van der Waals surface area (Å²) in [4.78, 5) is 34.2. The molecule has 0 aliphatic carbocycles. The molecule has 4 rings (SSSR count). The Hall–Kier alpha value is -2.94. The van der Waals surface area contributed by atoms with Gasteiger partial charge in [-0.05, 0) is 18.4 Å². The third kappa shape index (κ3) is 2.35. The highest BCUT2D eigenvalue weighted by atomic mass is 32.1. The maximum Gasteiger partial charge on any atom is 0.332 e. The zero-order chi connectivity index (χ0) is 17.7. The van der Waals surface area contributed by atoms with Crippen molar-refractivity contribution in [2.45, 2.75) is 13.5 Å². The Balaban J connectivity index is 1.83. The highest BCUT2D eigenvalue weighted by molar-refractivity contribution is 7.13. The van der Waals surface area contributed by atoms with Crippen LogP contribution in [0.25, 0.3) is 21.9 Å². The molecule has 0 saturated carbocycles. The Morgan fingerprint density at radius 3 is 2.76 bits per heavy atom. The first-order valence-electron chi connectivity index (χ1n) is 7.58. The lowest BCUT2D eigenvalue weighted by Crippen LogP contribution is -2.37. The van der Waals surface area contributed by atoms with Crippen LogP contribution in [0.3, 0.4) is 0 Å². The minimum absolute atomic E-state index is 0.338. The molecule has 0 spiro atoms. The minimum Gasteiger partial charge on any atom is -0.440 e. The number of oxazole rings is 1. The van der Waals surface area contributed by atoms with Crippen LogP contribution in [-0.2, 0) is 20.6 Å². The number of thiophene rings is 1. The van der Waals surface area contributed by atoms with E-state index >= 15 is 0 Å². The normalized spacial score (nSPS) is 11.5. The van der Waals surface area contributed by atoms with Crippen molar-refractivity contribution >= 4 is 22.5 Å². The predicted octanol–water partition coefficient (Wildman–Crippen LogP) is 1.51. The number of imidazole rings is 1. The lowest BCUT2D eigenvalue weighted by Gasteiger charge is -2.05. The van der Waals surface area contributed by atoms with Gasteiger partial charge in [0, 0.05) is 14.1 Å². The Morgan fingerprint density at radius 2 is 2.04 bits per heavy atom. The van der Waals surface area contributed by atoms with E-state index in [0.29, 0.717) is 29.4 Å². The van der Waals surface area contributed by atoms with E-state index in [4.69, 9.17) is 4.42 Å². The van der Waals surface area contributed by atoms with Gasteiger partial charge in [-0.2, -0.15) is 0 Å². The second-order valence-corrected chi connectivity index (χ2v) is 6.70. The Kier molecular flexibility index (Phi) is 3.46. The van der Waals surface area contributed by atoms with E-state index in [0.717, 1.165) is 15.1 Å². The molecule has 0 saturated heterocycles. The average Bonchev–Trinajstić information content (AvgIpc) is 3.32. The lowest BCUT2D eigenvalue weighted by atomic mass is 10.3. The molecule has 4 aromatic rings. The van der Waals surface area contributed by atoms with E-state index in [2.05, 4.69) is 9.97 Å². The van der Waals surface area contributed by atoms with Crippen molar-refractivity contribution in [2.75, 3.05) is 0 Å². The summed E-state index contributed by atoms with van der Waals surface area (Å²) in [5, 5.41) is 1.96. The van der Waals surface area contributed by atoms with Crippen LogP contribution < -0.4 is 11.2 Å². The van der Waals surface area contributed by atoms with Gasteiger partial charge in [-0.3, -0.25) is 13.9 Å². The van der Waals surface area contributed by atoms with Gasteiger partial charge in [0.15, 0.2) is 11.2 Å². The molecular formula is C16H15N5O3S. The van der Waals surface area contributed by atoms with Crippen LogP contribution in [0.5, 0.6) is 0 Å². The van der Waals surface area contributed by atoms with Crippen molar-refractivity contribution in [1.82, 2.24) is 23.7 Å². The molecule has 4 aromatic heterocycles. The third-order valence-corrected chi connectivity index (χ3v) is 5.02. The standard InChI is InChI=1S/C16H15N5O3S/c1-9-10(18-14(24-9)11-5-4-6-25-11)7-21-8-17-13-12(21)15(22)20(3)16(23)19(13)2/h4-6,8H,7H2,1-3H3. The smallest absolute Gasteiger partial charge is 0.332 e. The van der Waals surface area contributed by atoms with Crippen molar-refractivity contribution < 1.29 is 4.42 Å². The van der Waals surface area contributed by atoms with Crippen LogP contribution in [0.15, 0.2) is 37.8 Å². The lowest BCUT2D eigenvalue weighted by molar-refractivity contribution is 0.539. The molecule has 4 heterocycles. The zero-order valence-electron chi connectivity index (χ0n) is 13.9. The topological polar surface area (TPSA) is 87.8 Å². The zero-order valence-corrected chi connectivity index (χ0v) is 14.7. The molecule has 25 heavy (non-hydrogen) atoms. The number of nitrogens with zero attached hydrogens (tertiary/aromatic N) is 5.